The number of thioether (sulfide) groups is 1. The predicted octanol–water partition coefficient (Wildman–Crippen LogP) is 3.64. The van der Waals surface area contributed by atoms with Crippen molar-refractivity contribution in [1.82, 2.24) is 0 Å². The second-order valence-electron chi connectivity index (χ2n) is 3.25. The van der Waals surface area contributed by atoms with Gasteiger partial charge in [0.25, 0.3) is 0 Å². The molecule has 0 aromatic heterocycles. The summed E-state index contributed by atoms with van der Waals surface area (Å²) in [6.45, 7) is 1.68. The van der Waals surface area contributed by atoms with Crippen LogP contribution in [0, 0.1) is 11.3 Å². The second-order valence-corrected chi connectivity index (χ2v) is 4.83. The lowest BCUT2D eigenvalue weighted by Crippen LogP contribution is -2.08. The first-order valence-electron chi connectivity index (χ1n) is 4.98. The molecule has 8 heteroatoms. The summed E-state index contributed by atoms with van der Waals surface area (Å²) in [5.41, 5.74) is -4.76. The van der Waals surface area contributed by atoms with Gasteiger partial charge in [0.15, 0.2) is 0 Å². The Labute approximate surface area is 117 Å². The summed E-state index contributed by atoms with van der Waals surface area (Å²) in [6, 6.07) is 3.76. The van der Waals surface area contributed by atoms with E-state index in [-0.39, 0.29) is 39.3 Å². The van der Waals surface area contributed by atoms with Crippen molar-refractivity contribution in [3.8, 4) is 6.07 Å². The molecule has 1 aromatic carbocycles. The molecule has 0 saturated carbocycles. The summed E-state index contributed by atoms with van der Waals surface area (Å²) in [6.07, 6.45) is 0. The van der Waals surface area contributed by atoms with Gasteiger partial charge in [-0.1, -0.05) is 0 Å². The van der Waals surface area contributed by atoms with Crippen LogP contribution < -0.4 is 0 Å². The smallest absolute Gasteiger partial charge is 0.446 e. The van der Waals surface area contributed by atoms with Gasteiger partial charge in [-0.3, -0.25) is 0 Å². The standard InChI is InChI=1S/C11H8F3NO2S2/c1-2-17-10(16)7-4-8(18)9(3-6(7)5-15)19-11(12,13)14/h3-4,18H,2H2,1H3. The summed E-state index contributed by atoms with van der Waals surface area (Å²) >= 11 is 3.50. The van der Waals surface area contributed by atoms with Crippen molar-refractivity contribution < 1.29 is 22.7 Å². The molecular weight excluding hydrogens is 299 g/mol. The number of carbonyl (C=O) groups excluding carboxylic acids is 1. The fourth-order valence-corrected chi connectivity index (χ4v) is 2.17. The molecule has 0 N–H and O–H groups in total. The number of rotatable bonds is 3. The Morgan fingerprint density at radius 3 is 2.63 bits per heavy atom. The molecule has 0 aliphatic heterocycles. The van der Waals surface area contributed by atoms with E-state index in [4.69, 9.17) is 10.00 Å². The quantitative estimate of drug-likeness (QED) is 0.526. The maximum atomic E-state index is 12.3. The van der Waals surface area contributed by atoms with Crippen molar-refractivity contribution in [2.45, 2.75) is 22.2 Å². The molecule has 0 saturated heterocycles. The number of esters is 1. The van der Waals surface area contributed by atoms with Crippen LogP contribution in [0.4, 0.5) is 13.2 Å². The van der Waals surface area contributed by atoms with Gasteiger partial charge in [-0.05, 0) is 30.8 Å². The van der Waals surface area contributed by atoms with Crippen LogP contribution in [0.5, 0.6) is 0 Å². The molecule has 0 aliphatic rings. The monoisotopic (exact) mass is 307 g/mol. The molecule has 0 fully saturated rings. The van der Waals surface area contributed by atoms with Gasteiger partial charge in [0.05, 0.1) is 17.7 Å². The van der Waals surface area contributed by atoms with E-state index >= 15 is 0 Å². The van der Waals surface area contributed by atoms with Gasteiger partial charge in [-0.2, -0.15) is 18.4 Å². The summed E-state index contributed by atoms with van der Waals surface area (Å²) < 4.78 is 41.6. The zero-order valence-electron chi connectivity index (χ0n) is 9.61. The molecule has 3 nitrogen and oxygen atoms in total. The van der Waals surface area contributed by atoms with Gasteiger partial charge < -0.3 is 4.74 Å². The first-order chi connectivity index (χ1) is 8.78. The van der Waals surface area contributed by atoms with Gasteiger partial charge in [-0.15, -0.1) is 12.6 Å². The molecule has 0 heterocycles. The molecule has 1 rings (SSSR count). The molecule has 0 unspecified atom stereocenters. The predicted molar refractivity (Wildman–Crippen MR) is 66.3 cm³/mol. The van der Waals surface area contributed by atoms with Crippen molar-refractivity contribution >= 4 is 30.4 Å². The Kier molecular flexibility index (Phi) is 5.14. The number of thiol groups is 1. The van der Waals surface area contributed by atoms with Crippen molar-refractivity contribution in [2.75, 3.05) is 6.61 Å². The molecule has 102 valence electrons. The molecule has 0 aliphatic carbocycles. The van der Waals surface area contributed by atoms with E-state index in [9.17, 15) is 18.0 Å². The summed E-state index contributed by atoms with van der Waals surface area (Å²) in [7, 11) is 0. The average Bonchev–Trinajstić information content (AvgIpc) is 2.29. The maximum absolute atomic E-state index is 12.3. The van der Waals surface area contributed by atoms with E-state index in [2.05, 4.69) is 12.6 Å². The normalized spacial score (nSPS) is 10.9. The third kappa shape index (κ3) is 4.36. The van der Waals surface area contributed by atoms with Crippen LogP contribution in [0.2, 0.25) is 0 Å². The van der Waals surface area contributed by atoms with Gasteiger partial charge in [0.2, 0.25) is 0 Å². The average molecular weight is 307 g/mol. The highest BCUT2D eigenvalue weighted by molar-refractivity contribution is 8.00. The highest BCUT2D eigenvalue weighted by atomic mass is 32.2. The lowest BCUT2D eigenvalue weighted by Gasteiger charge is -2.11. The Morgan fingerprint density at radius 1 is 1.53 bits per heavy atom. The lowest BCUT2D eigenvalue weighted by atomic mass is 10.1. The lowest BCUT2D eigenvalue weighted by molar-refractivity contribution is -0.0329. The van der Waals surface area contributed by atoms with Crippen LogP contribution in [-0.4, -0.2) is 18.1 Å². The van der Waals surface area contributed by atoms with Crippen LogP contribution >= 0.6 is 24.4 Å². The molecule has 0 atom stereocenters. The van der Waals surface area contributed by atoms with E-state index in [1.165, 1.54) is 0 Å². The molecule has 0 amide bonds. The van der Waals surface area contributed by atoms with E-state index in [1.807, 2.05) is 0 Å². The highest BCUT2D eigenvalue weighted by Gasteiger charge is 2.31. The largest absolute Gasteiger partial charge is 0.462 e. The highest BCUT2D eigenvalue weighted by Crippen LogP contribution is 2.40. The summed E-state index contributed by atoms with van der Waals surface area (Å²) in [4.78, 5) is 11.3. The maximum Gasteiger partial charge on any atom is 0.446 e. The minimum Gasteiger partial charge on any atom is -0.462 e. The van der Waals surface area contributed by atoms with Gasteiger partial charge in [-0.25, -0.2) is 4.79 Å². The third-order valence-electron chi connectivity index (χ3n) is 1.94. The molecule has 0 bridgehead atoms. The van der Waals surface area contributed by atoms with Crippen molar-refractivity contribution in [2.24, 2.45) is 0 Å². The van der Waals surface area contributed by atoms with Crippen molar-refractivity contribution in [3.05, 3.63) is 23.3 Å². The summed E-state index contributed by atoms with van der Waals surface area (Å²) in [5, 5.41) is 8.88. The van der Waals surface area contributed by atoms with Crippen molar-refractivity contribution in [3.63, 3.8) is 0 Å². The number of hydrogen-bond donors (Lipinski definition) is 1. The van der Waals surface area contributed by atoms with E-state index in [0.717, 1.165) is 12.1 Å². The number of ether oxygens (including phenoxy) is 1. The fourth-order valence-electron chi connectivity index (χ4n) is 1.25. The molecule has 19 heavy (non-hydrogen) atoms. The number of halogens is 3. The first kappa shape index (κ1) is 15.7. The molecule has 0 radical (unpaired) electrons. The number of benzene rings is 1. The minimum absolute atomic E-state index is 0.0376. The van der Waals surface area contributed by atoms with E-state index < -0.39 is 11.5 Å². The number of hydrogen-bond acceptors (Lipinski definition) is 5. The van der Waals surface area contributed by atoms with Crippen molar-refractivity contribution in [1.29, 1.82) is 5.26 Å². The number of alkyl halides is 3. The molecular formula is C11H8F3NO2S2. The number of nitriles is 1. The Hall–Kier alpha value is -1.33. The topological polar surface area (TPSA) is 50.1 Å². The molecule has 1 aromatic rings. The second kappa shape index (κ2) is 6.21. The summed E-state index contributed by atoms with van der Waals surface area (Å²) in [5.74, 6) is -0.766. The van der Waals surface area contributed by atoms with Crippen LogP contribution in [0.25, 0.3) is 0 Å². The van der Waals surface area contributed by atoms with Gasteiger partial charge >= 0.3 is 11.5 Å². The van der Waals surface area contributed by atoms with E-state index in [0.29, 0.717) is 0 Å². The Bertz CT molecular complexity index is 538. The third-order valence-corrected chi connectivity index (χ3v) is 3.25. The fraction of sp³-hybridized carbons (Fsp3) is 0.273. The number of carbonyl (C=O) groups is 1. The van der Waals surface area contributed by atoms with Crippen LogP contribution in [0.3, 0.4) is 0 Å². The molecule has 0 spiro atoms. The van der Waals surface area contributed by atoms with Crippen LogP contribution in [-0.2, 0) is 4.74 Å². The van der Waals surface area contributed by atoms with Crippen LogP contribution in [0.15, 0.2) is 21.9 Å². The Balaban J connectivity index is 3.22. The van der Waals surface area contributed by atoms with Crippen LogP contribution in [0.1, 0.15) is 22.8 Å². The van der Waals surface area contributed by atoms with Gasteiger partial charge in [0, 0.05) is 9.79 Å². The zero-order valence-corrected chi connectivity index (χ0v) is 11.3. The van der Waals surface area contributed by atoms with Gasteiger partial charge in [0.1, 0.15) is 6.07 Å². The SMILES string of the molecule is CCOC(=O)c1cc(S)c(SC(F)(F)F)cc1C#N. The minimum atomic E-state index is -4.49. The Morgan fingerprint density at radius 2 is 2.16 bits per heavy atom. The zero-order chi connectivity index (χ0) is 14.6. The first-order valence-corrected chi connectivity index (χ1v) is 6.24. The van der Waals surface area contributed by atoms with E-state index in [1.54, 1.807) is 13.0 Å². The number of nitrogens with zero attached hydrogens (tertiary/aromatic N) is 1.